The van der Waals surface area contributed by atoms with E-state index in [1.54, 1.807) is 6.20 Å². The highest BCUT2D eigenvalue weighted by atomic mass is 16.4. The number of carbonyl (C=O) groups is 5. The van der Waals surface area contributed by atoms with Gasteiger partial charge >= 0.3 is 5.97 Å². The van der Waals surface area contributed by atoms with Gasteiger partial charge in [-0.1, -0.05) is 18.2 Å². The van der Waals surface area contributed by atoms with Crippen LogP contribution in [0.3, 0.4) is 0 Å². The number of fused-ring (bicyclic) bond motifs is 1. The normalized spacial score (nSPS) is 26.6. The minimum absolute atomic E-state index is 0.0648. The van der Waals surface area contributed by atoms with E-state index in [2.05, 4.69) is 20.9 Å². The molecule has 1 saturated heterocycles. The second-order valence-corrected chi connectivity index (χ2v) is 8.47. The molecule has 2 aromatic rings. The third-order valence-electron chi connectivity index (χ3n) is 5.88. The molecular formula is C22H27N5O6. The monoisotopic (exact) mass is 457 g/mol. The zero-order valence-electron chi connectivity index (χ0n) is 18.3. The fourth-order valence-corrected chi connectivity index (χ4v) is 3.84. The summed E-state index contributed by atoms with van der Waals surface area (Å²) in [6.07, 6.45) is 0.852. The smallest absolute Gasteiger partial charge is 0.305 e. The molecule has 3 rings (SSSR count). The van der Waals surface area contributed by atoms with Gasteiger partial charge in [-0.3, -0.25) is 24.0 Å². The number of rotatable bonds is 5. The van der Waals surface area contributed by atoms with Gasteiger partial charge in [0.2, 0.25) is 17.7 Å². The van der Waals surface area contributed by atoms with Crippen molar-refractivity contribution in [3.63, 3.8) is 0 Å². The number of benzene rings is 1. The molecule has 33 heavy (non-hydrogen) atoms. The van der Waals surface area contributed by atoms with Gasteiger partial charge in [-0.25, -0.2) is 0 Å². The molecule has 0 bridgehead atoms. The fraction of sp³-hybridized carbons (Fsp3) is 0.409. The van der Waals surface area contributed by atoms with E-state index >= 15 is 0 Å². The number of hydrogen-bond donors (Lipinski definition) is 6. The number of carbonyl (C=O) groups excluding carboxylic acids is 4. The topological polar surface area (TPSA) is 183 Å². The van der Waals surface area contributed by atoms with Crippen molar-refractivity contribution < 1.29 is 29.1 Å². The number of Topliss-reactive ketones (excluding diaryl/α,β-unsaturated/α-hetero) is 1. The lowest BCUT2D eigenvalue weighted by Gasteiger charge is -2.31. The molecule has 2 heterocycles. The lowest BCUT2D eigenvalue weighted by molar-refractivity contribution is -0.141. The van der Waals surface area contributed by atoms with E-state index in [1.165, 1.54) is 13.8 Å². The molecule has 0 aliphatic carbocycles. The summed E-state index contributed by atoms with van der Waals surface area (Å²) in [7, 11) is 0. The number of nitrogens with two attached hydrogens (primary N) is 1. The Morgan fingerprint density at radius 3 is 2.42 bits per heavy atom. The maximum absolute atomic E-state index is 13.2. The third kappa shape index (κ3) is 5.37. The van der Waals surface area contributed by atoms with Gasteiger partial charge < -0.3 is 31.8 Å². The molecule has 0 saturated carbocycles. The molecule has 11 heteroatoms. The summed E-state index contributed by atoms with van der Waals surface area (Å²) < 4.78 is 0. The van der Waals surface area contributed by atoms with Gasteiger partial charge in [0.15, 0.2) is 5.78 Å². The van der Waals surface area contributed by atoms with Crippen LogP contribution in [0.15, 0.2) is 30.5 Å². The molecule has 3 amide bonds. The lowest BCUT2D eigenvalue weighted by Crippen LogP contribution is -2.59. The van der Waals surface area contributed by atoms with E-state index in [1.807, 2.05) is 24.3 Å². The Morgan fingerprint density at radius 2 is 1.76 bits per heavy atom. The maximum Gasteiger partial charge on any atom is 0.305 e. The van der Waals surface area contributed by atoms with E-state index in [0.717, 1.165) is 16.5 Å². The predicted molar refractivity (Wildman–Crippen MR) is 118 cm³/mol. The van der Waals surface area contributed by atoms with E-state index in [9.17, 15) is 29.1 Å². The minimum Gasteiger partial charge on any atom is -0.481 e. The average Bonchev–Trinajstić information content (AvgIpc) is 3.14. The minimum atomic E-state index is -1.47. The van der Waals surface area contributed by atoms with Gasteiger partial charge in [-0.2, -0.15) is 0 Å². The summed E-state index contributed by atoms with van der Waals surface area (Å²) in [5.41, 5.74) is 6.03. The van der Waals surface area contributed by atoms with E-state index in [0.29, 0.717) is 0 Å². The number of aromatic amines is 1. The van der Waals surface area contributed by atoms with Gasteiger partial charge in [0.25, 0.3) is 0 Å². The van der Waals surface area contributed by atoms with Crippen molar-refractivity contribution >= 4 is 40.4 Å². The van der Waals surface area contributed by atoms with Crippen molar-refractivity contribution in [2.75, 3.05) is 0 Å². The van der Waals surface area contributed by atoms with Gasteiger partial charge in [-0.15, -0.1) is 0 Å². The van der Waals surface area contributed by atoms with Crippen LogP contribution in [0.4, 0.5) is 0 Å². The maximum atomic E-state index is 13.2. The average molecular weight is 457 g/mol. The van der Waals surface area contributed by atoms with Crippen molar-refractivity contribution in [2.45, 2.75) is 56.8 Å². The fourth-order valence-electron chi connectivity index (χ4n) is 3.84. The Hall–Kier alpha value is -3.73. The predicted octanol–water partition coefficient (Wildman–Crippen LogP) is -0.650. The molecule has 176 valence electrons. The van der Waals surface area contributed by atoms with Crippen molar-refractivity contribution in [3.05, 3.63) is 36.0 Å². The van der Waals surface area contributed by atoms with Crippen LogP contribution in [0, 0.1) is 0 Å². The SMILES string of the molecule is CC(=O)[C@]1(C)C[C@H](N)C(=O)N[C@@H](CC(=O)O)C(=O)N[C@@H](Cc2c[nH]c3ccccc23)C(=O)N1. The van der Waals surface area contributed by atoms with Gasteiger partial charge in [0.1, 0.15) is 12.1 Å². The van der Waals surface area contributed by atoms with E-state index in [-0.39, 0.29) is 12.8 Å². The van der Waals surface area contributed by atoms with Crippen LogP contribution in [0.1, 0.15) is 32.3 Å². The van der Waals surface area contributed by atoms with Gasteiger partial charge in [0.05, 0.1) is 18.0 Å². The summed E-state index contributed by atoms with van der Waals surface area (Å²) in [6.45, 7) is 2.72. The van der Waals surface area contributed by atoms with Crippen LogP contribution in [0.25, 0.3) is 10.9 Å². The molecule has 11 nitrogen and oxygen atoms in total. The zero-order valence-corrected chi connectivity index (χ0v) is 18.3. The van der Waals surface area contributed by atoms with E-state index < -0.39 is 59.6 Å². The highest BCUT2D eigenvalue weighted by Gasteiger charge is 2.40. The number of amides is 3. The first-order valence-corrected chi connectivity index (χ1v) is 10.5. The number of aliphatic carboxylic acids is 1. The number of nitrogens with one attached hydrogen (secondary N) is 4. The third-order valence-corrected chi connectivity index (χ3v) is 5.88. The molecule has 1 aliphatic rings. The number of para-hydroxylation sites is 1. The number of H-pyrrole nitrogens is 1. The van der Waals surface area contributed by atoms with Crippen LogP contribution < -0.4 is 21.7 Å². The Bertz CT molecular complexity index is 1110. The van der Waals surface area contributed by atoms with Gasteiger partial charge in [-0.05, 0) is 25.5 Å². The molecule has 0 unspecified atom stereocenters. The molecule has 1 aromatic heterocycles. The second-order valence-electron chi connectivity index (χ2n) is 8.47. The Kier molecular flexibility index (Phi) is 6.82. The van der Waals surface area contributed by atoms with Crippen molar-refractivity contribution in [1.82, 2.24) is 20.9 Å². The molecule has 0 spiro atoms. The molecular weight excluding hydrogens is 430 g/mol. The Balaban J connectivity index is 2.00. The van der Waals surface area contributed by atoms with Crippen molar-refractivity contribution in [1.29, 1.82) is 0 Å². The van der Waals surface area contributed by atoms with Crippen LogP contribution in [0.5, 0.6) is 0 Å². The Morgan fingerprint density at radius 1 is 1.09 bits per heavy atom. The summed E-state index contributed by atoms with van der Waals surface area (Å²) >= 11 is 0. The van der Waals surface area contributed by atoms with Gasteiger partial charge in [0, 0.05) is 29.9 Å². The lowest BCUT2D eigenvalue weighted by atomic mass is 9.88. The number of hydrogen-bond acceptors (Lipinski definition) is 6. The quantitative estimate of drug-likeness (QED) is 0.344. The van der Waals surface area contributed by atoms with Crippen molar-refractivity contribution in [2.24, 2.45) is 5.73 Å². The number of aromatic nitrogens is 1. The molecule has 4 atom stereocenters. The summed E-state index contributed by atoms with van der Waals surface area (Å²) in [5.74, 6) is -4.03. The van der Waals surface area contributed by atoms with Crippen LogP contribution >= 0.6 is 0 Å². The van der Waals surface area contributed by atoms with Crippen LogP contribution in [-0.4, -0.2) is 63.2 Å². The summed E-state index contributed by atoms with van der Waals surface area (Å²) in [5, 5.41) is 17.5. The first kappa shape index (κ1) is 23.9. The highest BCUT2D eigenvalue weighted by molar-refractivity contribution is 5.98. The Labute approximate surface area is 189 Å². The van der Waals surface area contributed by atoms with E-state index in [4.69, 9.17) is 5.73 Å². The highest BCUT2D eigenvalue weighted by Crippen LogP contribution is 2.21. The van der Waals surface area contributed by atoms with Crippen LogP contribution in [-0.2, 0) is 30.4 Å². The molecule has 1 fully saturated rings. The standard InChI is InChI=1S/C22H27N5O6/c1-11(28)22(2)9-14(23)19(31)25-17(8-18(29)30)20(32)26-16(21(33)27-22)7-12-10-24-15-6-4-3-5-13(12)15/h3-6,10,14,16-17,24H,7-9,23H2,1-2H3,(H,25,31)(H,26,32)(H,27,33)(H,29,30)/t14-,16-,17-,22-/m0/s1. The molecule has 0 radical (unpaired) electrons. The first-order valence-electron chi connectivity index (χ1n) is 10.5. The van der Waals surface area contributed by atoms with Crippen molar-refractivity contribution in [3.8, 4) is 0 Å². The molecule has 7 N–H and O–H groups in total. The van der Waals surface area contributed by atoms with Crippen LogP contribution in [0.2, 0.25) is 0 Å². The first-order chi connectivity index (χ1) is 15.5. The number of ketones is 1. The molecule has 1 aromatic carbocycles. The number of carboxylic acids is 1. The summed E-state index contributed by atoms with van der Waals surface area (Å²) in [4.78, 5) is 65.4. The summed E-state index contributed by atoms with van der Waals surface area (Å²) in [6, 6.07) is 3.57. The zero-order chi connectivity index (χ0) is 24.3. The second kappa shape index (κ2) is 9.41. The largest absolute Gasteiger partial charge is 0.481 e. The number of carboxylic acid groups (broad SMARTS) is 1. The molecule has 1 aliphatic heterocycles.